The van der Waals surface area contributed by atoms with E-state index in [0.29, 0.717) is 28.7 Å². The number of aromatic amines is 1. The van der Waals surface area contributed by atoms with E-state index in [2.05, 4.69) is 20.4 Å². The molecule has 9 nitrogen and oxygen atoms in total. The summed E-state index contributed by atoms with van der Waals surface area (Å²) in [4.78, 5) is 32.4. The second kappa shape index (κ2) is 9.52. The number of hydrogen-bond acceptors (Lipinski definition) is 6. The van der Waals surface area contributed by atoms with Crippen LogP contribution in [0.3, 0.4) is 0 Å². The van der Waals surface area contributed by atoms with Gasteiger partial charge in [0.25, 0.3) is 11.5 Å². The van der Waals surface area contributed by atoms with E-state index in [1.807, 2.05) is 49.4 Å². The van der Waals surface area contributed by atoms with Gasteiger partial charge in [-0.1, -0.05) is 48.0 Å². The quantitative estimate of drug-likeness (QED) is 0.371. The standard InChI is InChI=1S/C26H21N5O4/c1-17-9-11-19(12-10-17)35-16-25(33)28-23-14-21(22-8-5-13-34-22)30-31(23)26-27-20(15-24(32)29-26)18-6-3-2-4-7-18/h2-15H,16H2,1H3,(H,28,33)(H,27,29,32). The number of nitrogens with zero attached hydrogens (tertiary/aromatic N) is 3. The van der Waals surface area contributed by atoms with Crippen molar-refractivity contribution in [2.45, 2.75) is 6.92 Å². The molecule has 3 heterocycles. The van der Waals surface area contributed by atoms with E-state index in [1.165, 1.54) is 17.0 Å². The van der Waals surface area contributed by atoms with Crippen molar-refractivity contribution in [1.29, 1.82) is 0 Å². The molecule has 0 spiro atoms. The fraction of sp³-hybridized carbons (Fsp3) is 0.0769. The number of furan rings is 1. The predicted molar refractivity (Wildman–Crippen MR) is 130 cm³/mol. The van der Waals surface area contributed by atoms with Gasteiger partial charge in [-0.3, -0.25) is 14.6 Å². The zero-order valence-electron chi connectivity index (χ0n) is 18.8. The van der Waals surface area contributed by atoms with Gasteiger partial charge in [0.2, 0.25) is 5.95 Å². The molecular formula is C26H21N5O4. The van der Waals surface area contributed by atoms with Crippen LogP contribution in [0.2, 0.25) is 0 Å². The molecule has 2 N–H and O–H groups in total. The maximum absolute atomic E-state index is 12.7. The van der Waals surface area contributed by atoms with Crippen LogP contribution in [0.25, 0.3) is 28.7 Å². The molecule has 0 bridgehead atoms. The fourth-order valence-electron chi connectivity index (χ4n) is 3.44. The summed E-state index contributed by atoms with van der Waals surface area (Å²) < 4.78 is 12.4. The van der Waals surface area contributed by atoms with E-state index in [9.17, 15) is 9.59 Å². The van der Waals surface area contributed by atoms with Gasteiger partial charge < -0.3 is 14.5 Å². The maximum Gasteiger partial charge on any atom is 0.263 e. The summed E-state index contributed by atoms with van der Waals surface area (Å²) in [7, 11) is 0. The molecule has 0 unspecified atom stereocenters. The molecule has 0 radical (unpaired) electrons. The molecular weight excluding hydrogens is 446 g/mol. The SMILES string of the molecule is Cc1ccc(OCC(=O)Nc2cc(-c3ccco3)nn2-c2nc(-c3ccccc3)cc(=O)[nH]2)cc1. The van der Waals surface area contributed by atoms with Crippen LogP contribution in [-0.2, 0) is 4.79 Å². The first-order valence-corrected chi connectivity index (χ1v) is 10.9. The van der Waals surface area contributed by atoms with Crippen LogP contribution in [0, 0.1) is 6.92 Å². The van der Waals surface area contributed by atoms with Crippen molar-refractivity contribution in [2.75, 3.05) is 11.9 Å². The maximum atomic E-state index is 12.7. The van der Waals surface area contributed by atoms with Gasteiger partial charge >= 0.3 is 0 Å². The number of aromatic nitrogens is 4. The summed E-state index contributed by atoms with van der Waals surface area (Å²) in [5.74, 6) is 1.11. The lowest BCUT2D eigenvalue weighted by Gasteiger charge is -2.10. The second-order valence-electron chi connectivity index (χ2n) is 7.77. The molecule has 0 fully saturated rings. The van der Waals surface area contributed by atoms with E-state index in [-0.39, 0.29) is 18.1 Å². The molecule has 0 saturated heterocycles. The van der Waals surface area contributed by atoms with Crippen molar-refractivity contribution in [2.24, 2.45) is 0 Å². The van der Waals surface area contributed by atoms with Crippen molar-refractivity contribution >= 4 is 11.7 Å². The number of anilines is 1. The van der Waals surface area contributed by atoms with Gasteiger partial charge in [-0.05, 0) is 31.2 Å². The van der Waals surface area contributed by atoms with Crippen molar-refractivity contribution in [3.8, 4) is 34.4 Å². The topological polar surface area (TPSA) is 115 Å². The van der Waals surface area contributed by atoms with Crippen molar-refractivity contribution in [3.63, 3.8) is 0 Å². The number of amides is 1. The third-order valence-corrected chi connectivity index (χ3v) is 5.14. The molecule has 0 aliphatic carbocycles. The largest absolute Gasteiger partial charge is 0.484 e. The van der Waals surface area contributed by atoms with Crippen LogP contribution in [0.15, 0.2) is 94.3 Å². The summed E-state index contributed by atoms with van der Waals surface area (Å²) in [6.07, 6.45) is 1.53. The highest BCUT2D eigenvalue weighted by Gasteiger charge is 2.18. The molecule has 5 rings (SSSR count). The molecule has 0 aliphatic heterocycles. The Morgan fingerprint density at radius 2 is 1.83 bits per heavy atom. The normalized spacial score (nSPS) is 10.8. The molecule has 35 heavy (non-hydrogen) atoms. The Morgan fingerprint density at radius 1 is 1.03 bits per heavy atom. The Labute approximate surface area is 200 Å². The van der Waals surface area contributed by atoms with Crippen LogP contribution >= 0.6 is 0 Å². The summed E-state index contributed by atoms with van der Waals surface area (Å²) in [5, 5.41) is 7.30. The first-order chi connectivity index (χ1) is 17.0. The summed E-state index contributed by atoms with van der Waals surface area (Å²) in [6, 6.07) is 23.2. The van der Waals surface area contributed by atoms with Gasteiger partial charge in [-0.15, -0.1) is 0 Å². The summed E-state index contributed by atoms with van der Waals surface area (Å²) in [5.41, 5.74) is 2.44. The number of nitrogens with one attached hydrogen (secondary N) is 2. The predicted octanol–water partition coefficient (Wildman–Crippen LogP) is 4.21. The first-order valence-electron chi connectivity index (χ1n) is 10.9. The second-order valence-corrected chi connectivity index (χ2v) is 7.77. The van der Waals surface area contributed by atoms with E-state index in [1.54, 1.807) is 30.3 Å². The number of rotatable bonds is 7. The Morgan fingerprint density at radius 3 is 2.57 bits per heavy atom. The third kappa shape index (κ3) is 5.03. The lowest BCUT2D eigenvalue weighted by Crippen LogP contribution is -2.23. The highest BCUT2D eigenvalue weighted by atomic mass is 16.5. The van der Waals surface area contributed by atoms with E-state index in [0.717, 1.165) is 11.1 Å². The van der Waals surface area contributed by atoms with E-state index in [4.69, 9.17) is 9.15 Å². The van der Waals surface area contributed by atoms with Gasteiger partial charge in [-0.25, -0.2) is 4.98 Å². The molecule has 2 aromatic carbocycles. The van der Waals surface area contributed by atoms with Gasteiger partial charge in [-0.2, -0.15) is 9.78 Å². The molecule has 174 valence electrons. The molecule has 9 heteroatoms. The van der Waals surface area contributed by atoms with E-state index >= 15 is 0 Å². The van der Waals surface area contributed by atoms with Crippen LogP contribution in [0.1, 0.15) is 5.56 Å². The van der Waals surface area contributed by atoms with Gasteiger partial charge in [0.1, 0.15) is 17.3 Å². The number of ether oxygens (including phenoxy) is 1. The lowest BCUT2D eigenvalue weighted by atomic mass is 10.1. The molecule has 0 aliphatic rings. The van der Waals surface area contributed by atoms with Gasteiger partial charge in [0.05, 0.1) is 12.0 Å². The highest BCUT2D eigenvalue weighted by molar-refractivity contribution is 5.91. The number of benzene rings is 2. The molecule has 1 amide bonds. The highest BCUT2D eigenvalue weighted by Crippen LogP contribution is 2.25. The zero-order chi connectivity index (χ0) is 24.2. The number of carbonyl (C=O) groups excluding carboxylic acids is 1. The monoisotopic (exact) mass is 467 g/mol. The molecule has 0 atom stereocenters. The van der Waals surface area contributed by atoms with Crippen LogP contribution < -0.4 is 15.6 Å². The Balaban J connectivity index is 1.46. The fourth-order valence-corrected chi connectivity index (χ4v) is 3.44. The van der Waals surface area contributed by atoms with Crippen molar-refractivity contribution < 1.29 is 13.9 Å². The minimum absolute atomic E-state index is 0.143. The number of carbonyl (C=O) groups is 1. The molecule has 5 aromatic rings. The lowest BCUT2D eigenvalue weighted by molar-refractivity contribution is -0.118. The number of hydrogen-bond donors (Lipinski definition) is 2. The Hall–Kier alpha value is -4.92. The van der Waals surface area contributed by atoms with Gasteiger partial charge in [0.15, 0.2) is 12.4 Å². The Kier molecular flexibility index (Phi) is 5.96. The van der Waals surface area contributed by atoms with E-state index < -0.39 is 5.91 Å². The minimum atomic E-state index is -0.403. The first kappa shape index (κ1) is 21.9. The van der Waals surface area contributed by atoms with Crippen LogP contribution in [-0.4, -0.2) is 32.3 Å². The van der Waals surface area contributed by atoms with Crippen LogP contribution in [0.4, 0.5) is 5.82 Å². The summed E-state index contributed by atoms with van der Waals surface area (Å²) >= 11 is 0. The zero-order valence-corrected chi connectivity index (χ0v) is 18.8. The van der Waals surface area contributed by atoms with Gasteiger partial charge in [0, 0.05) is 17.7 Å². The smallest absolute Gasteiger partial charge is 0.263 e. The molecule has 0 saturated carbocycles. The molecule has 3 aromatic heterocycles. The number of H-pyrrole nitrogens is 1. The van der Waals surface area contributed by atoms with Crippen molar-refractivity contribution in [3.05, 3.63) is 101 Å². The van der Waals surface area contributed by atoms with Crippen molar-refractivity contribution in [1.82, 2.24) is 19.7 Å². The number of aryl methyl sites for hydroxylation is 1. The minimum Gasteiger partial charge on any atom is -0.484 e. The third-order valence-electron chi connectivity index (χ3n) is 5.14. The average Bonchev–Trinajstić information content (AvgIpc) is 3.54. The average molecular weight is 467 g/mol. The summed E-state index contributed by atoms with van der Waals surface area (Å²) in [6.45, 7) is 1.76. The Bertz CT molecular complexity index is 1500. The van der Waals surface area contributed by atoms with Crippen LogP contribution in [0.5, 0.6) is 5.75 Å².